The van der Waals surface area contributed by atoms with Crippen LogP contribution >= 0.6 is 11.3 Å². The summed E-state index contributed by atoms with van der Waals surface area (Å²) in [6.07, 6.45) is 5.88. The standard InChI is InChI=1S/C18H27NO2S/c1-18(2,3)13-6-7-15-12(9-13)10-16(22-15)17(20)19-11-14-5-4-8-21-14/h10,13-14H,4-9,11H2,1-3H3,(H,19,20)/t13-,14-/m0/s1. The number of carbonyl (C=O) groups excluding carboxylic acids is 1. The summed E-state index contributed by atoms with van der Waals surface area (Å²) in [5, 5.41) is 3.04. The predicted octanol–water partition coefficient (Wildman–Crippen LogP) is 3.81. The molecular formula is C18H27NO2S. The van der Waals surface area contributed by atoms with Crippen molar-refractivity contribution in [3.05, 3.63) is 21.4 Å². The molecule has 22 heavy (non-hydrogen) atoms. The van der Waals surface area contributed by atoms with Crippen LogP contribution in [-0.2, 0) is 17.6 Å². The summed E-state index contributed by atoms with van der Waals surface area (Å²) in [6, 6.07) is 2.13. The number of nitrogens with one attached hydrogen (secondary N) is 1. The molecule has 4 heteroatoms. The van der Waals surface area contributed by atoms with Crippen LogP contribution in [0.15, 0.2) is 6.07 Å². The number of ether oxygens (including phenoxy) is 1. The van der Waals surface area contributed by atoms with Crippen LogP contribution in [0, 0.1) is 11.3 Å². The Morgan fingerprint density at radius 1 is 1.41 bits per heavy atom. The summed E-state index contributed by atoms with van der Waals surface area (Å²) in [5.41, 5.74) is 1.75. The number of fused-ring (bicyclic) bond motifs is 1. The normalized spacial score (nSPS) is 25.0. The number of hydrogen-bond donors (Lipinski definition) is 1. The molecule has 1 aromatic rings. The molecule has 1 aliphatic heterocycles. The zero-order chi connectivity index (χ0) is 15.7. The van der Waals surface area contributed by atoms with Gasteiger partial charge in [0.15, 0.2) is 0 Å². The smallest absolute Gasteiger partial charge is 0.261 e. The lowest BCUT2D eigenvalue weighted by Crippen LogP contribution is -2.31. The van der Waals surface area contributed by atoms with Gasteiger partial charge in [-0.3, -0.25) is 4.79 Å². The van der Waals surface area contributed by atoms with Gasteiger partial charge in [-0.05, 0) is 55.1 Å². The van der Waals surface area contributed by atoms with Gasteiger partial charge in [-0.2, -0.15) is 0 Å². The SMILES string of the molecule is CC(C)(C)[C@H]1CCc2sc(C(=O)NC[C@@H]3CCCO3)cc2C1. The van der Waals surface area contributed by atoms with Crippen molar-refractivity contribution >= 4 is 17.2 Å². The number of rotatable bonds is 3. The van der Waals surface area contributed by atoms with Crippen LogP contribution in [-0.4, -0.2) is 25.2 Å². The quantitative estimate of drug-likeness (QED) is 0.919. The molecule has 0 saturated carbocycles. The third kappa shape index (κ3) is 3.54. The van der Waals surface area contributed by atoms with Crippen molar-refractivity contribution in [1.29, 1.82) is 0 Å². The fourth-order valence-electron chi connectivity index (χ4n) is 3.47. The Morgan fingerprint density at radius 3 is 2.91 bits per heavy atom. The van der Waals surface area contributed by atoms with E-state index in [1.54, 1.807) is 11.3 Å². The maximum atomic E-state index is 12.3. The summed E-state index contributed by atoms with van der Waals surface area (Å²) >= 11 is 1.69. The molecule has 1 N–H and O–H groups in total. The zero-order valence-electron chi connectivity index (χ0n) is 13.9. The van der Waals surface area contributed by atoms with Crippen molar-refractivity contribution in [2.45, 2.75) is 59.0 Å². The van der Waals surface area contributed by atoms with Crippen LogP contribution in [0.5, 0.6) is 0 Å². The molecule has 3 rings (SSSR count). The number of carbonyl (C=O) groups is 1. The number of hydrogen-bond acceptors (Lipinski definition) is 3. The summed E-state index contributed by atoms with van der Waals surface area (Å²) in [5.74, 6) is 0.791. The minimum atomic E-state index is 0.0715. The molecule has 1 saturated heterocycles. The fourth-order valence-corrected chi connectivity index (χ4v) is 4.60. The van der Waals surface area contributed by atoms with Crippen molar-refractivity contribution in [2.75, 3.05) is 13.2 Å². The average Bonchev–Trinajstić information content (AvgIpc) is 3.11. The van der Waals surface area contributed by atoms with Gasteiger partial charge in [0.2, 0.25) is 0 Å². The summed E-state index contributed by atoms with van der Waals surface area (Å²) < 4.78 is 5.56. The predicted molar refractivity (Wildman–Crippen MR) is 90.6 cm³/mol. The molecule has 1 fully saturated rings. The monoisotopic (exact) mass is 321 g/mol. The lowest BCUT2D eigenvalue weighted by Gasteiger charge is -2.33. The molecule has 1 aliphatic carbocycles. The second-order valence-corrected chi connectivity index (χ2v) is 8.85. The van der Waals surface area contributed by atoms with Crippen LogP contribution in [0.25, 0.3) is 0 Å². The van der Waals surface area contributed by atoms with Crippen LogP contribution in [0.3, 0.4) is 0 Å². The molecule has 3 nitrogen and oxygen atoms in total. The van der Waals surface area contributed by atoms with E-state index < -0.39 is 0 Å². The van der Waals surface area contributed by atoms with E-state index in [2.05, 4.69) is 32.2 Å². The Bertz CT molecular complexity index is 538. The molecule has 0 radical (unpaired) electrons. The highest BCUT2D eigenvalue weighted by Crippen LogP contribution is 2.40. The van der Waals surface area contributed by atoms with Gasteiger partial charge in [0.05, 0.1) is 11.0 Å². The minimum Gasteiger partial charge on any atom is -0.376 e. The van der Waals surface area contributed by atoms with E-state index in [1.807, 2.05) is 0 Å². The van der Waals surface area contributed by atoms with E-state index in [-0.39, 0.29) is 12.0 Å². The highest BCUT2D eigenvalue weighted by Gasteiger charge is 2.30. The van der Waals surface area contributed by atoms with E-state index in [4.69, 9.17) is 4.74 Å². The van der Waals surface area contributed by atoms with Crippen LogP contribution in [0.1, 0.15) is 60.1 Å². The first-order chi connectivity index (χ1) is 10.4. The first kappa shape index (κ1) is 16.0. The molecule has 0 aromatic carbocycles. The first-order valence-electron chi connectivity index (χ1n) is 8.45. The molecule has 1 aromatic heterocycles. The van der Waals surface area contributed by atoms with E-state index >= 15 is 0 Å². The Kier molecular flexibility index (Phi) is 4.60. The van der Waals surface area contributed by atoms with Gasteiger partial charge < -0.3 is 10.1 Å². The van der Waals surface area contributed by atoms with Gasteiger partial charge in [0, 0.05) is 18.0 Å². The van der Waals surface area contributed by atoms with Gasteiger partial charge in [-0.1, -0.05) is 20.8 Å². The second-order valence-electron chi connectivity index (χ2n) is 7.71. The molecule has 0 spiro atoms. The molecule has 0 bridgehead atoms. The van der Waals surface area contributed by atoms with Crippen molar-refractivity contribution in [3.63, 3.8) is 0 Å². The largest absolute Gasteiger partial charge is 0.376 e. The van der Waals surface area contributed by atoms with Crippen molar-refractivity contribution in [3.8, 4) is 0 Å². The van der Waals surface area contributed by atoms with Crippen LogP contribution < -0.4 is 5.32 Å². The number of aryl methyl sites for hydroxylation is 1. The Hall–Kier alpha value is -0.870. The minimum absolute atomic E-state index is 0.0715. The van der Waals surface area contributed by atoms with Crippen molar-refractivity contribution in [1.82, 2.24) is 5.32 Å². The van der Waals surface area contributed by atoms with Gasteiger partial charge >= 0.3 is 0 Å². The Morgan fingerprint density at radius 2 is 2.23 bits per heavy atom. The summed E-state index contributed by atoms with van der Waals surface area (Å²) in [7, 11) is 0. The van der Waals surface area contributed by atoms with E-state index in [0.717, 1.165) is 43.1 Å². The lowest BCUT2D eigenvalue weighted by atomic mass is 9.72. The van der Waals surface area contributed by atoms with Gasteiger partial charge in [-0.15, -0.1) is 11.3 Å². The average molecular weight is 321 g/mol. The maximum Gasteiger partial charge on any atom is 0.261 e. The number of thiophene rings is 1. The summed E-state index contributed by atoms with van der Waals surface area (Å²) in [6.45, 7) is 8.45. The van der Waals surface area contributed by atoms with Gasteiger partial charge in [0.1, 0.15) is 0 Å². The molecule has 0 unspecified atom stereocenters. The van der Waals surface area contributed by atoms with Crippen LogP contribution in [0.4, 0.5) is 0 Å². The third-order valence-electron chi connectivity index (χ3n) is 5.05. The molecule has 2 atom stereocenters. The maximum absolute atomic E-state index is 12.3. The van der Waals surface area contributed by atoms with Crippen LogP contribution in [0.2, 0.25) is 0 Å². The highest BCUT2D eigenvalue weighted by molar-refractivity contribution is 7.14. The topological polar surface area (TPSA) is 38.3 Å². The molecular weight excluding hydrogens is 294 g/mol. The zero-order valence-corrected chi connectivity index (χ0v) is 14.7. The van der Waals surface area contributed by atoms with Crippen molar-refractivity contribution < 1.29 is 9.53 Å². The molecule has 122 valence electrons. The fraction of sp³-hybridized carbons (Fsp3) is 0.722. The number of amides is 1. The summed E-state index contributed by atoms with van der Waals surface area (Å²) in [4.78, 5) is 14.6. The molecule has 2 aliphatic rings. The first-order valence-corrected chi connectivity index (χ1v) is 9.26. The third-order valence-corrected chi connectivity index (χ3v) is 6.28. The highest BCUT2D eigenvalue weighted by atomic mass is 32.1. The van der Waals surface area contributed by atoms with E-state index in [0.29, 0.717) is 12.0 Å². The van der Waals surface area contributed by atoms with Crippen molar-refractivity contribution in [2.24, 2.45) is 11.3 Å². The van der Waals surface area contributed by atoms with E-state index in [1.165, 1.54) is 16.9 Å². The second kappa shape index (κ2) is 6.32. The Balaban J connectivity index is 1.62. The molecule has 2 heterocycles. The Labute approximate surface area is 137 Å². The van der Waals surface area contributed by atoms with E-state index in [9.17, 15) is 4.79 Å². The molecule has 1 amide bonds. The van der Waals surface area contributed by atoms with Gasteiger partial charge in [0.25, 0.3) is 5.91 Å². The van der Waals surface area contributed by atoms with Gasteiger partial charge in [-0.25, -0.2) is 0 Å². The lowest BCUT2D eigenvalue weighted by molar-refractivity contribution is 0.0861.